The highest BCUT2D eigenvalue weighted by molar-refractivity contribution is 5.66. The Morgan fingerprint density at radius 1 is 1.07 bits per heavy atom. The van der Waals surface area contributed by atoms with Crippen molar-refractivity contribution < 1.29 is 25.2 Å². The predicted octanol–water partition coefficient (Wildman–Crippen LogP) is 4.05. The van der Waals surface area contributed by atoms with Crippen molar-refractivity contribution in [3.8, 4) is 0 Å². The number of aliphatic hydroxyl groups is 3. The molecule has 0 radical (unpaired) electrons. The Balaban J connectivity index is 2.66. The summed E-state index contributed by atoms with van der Waals surface area (Å²) >= 11 is 0. The fourth-order valence-electron chi connectivity index (χ4n) is 4.33. The third-order valence-electron chi connectivity index (χ3n) is 6.71. The summed E-state index contributed by atoms with van der Waals surface area (Å²) in [6, 6.07) is 0. The number of hydrogen-bond acceptors (Lipinski definition) is 4. The molecule has 1 aliphatic rings. The zero-order valence-corrected chi connectivity index (χ0v) is 17.4. The third-order valence-corrected chi connectivity index (χ3v) is 6.71. The summed E-state index contributed by atoms with van der Waals surface area (Å²) < 4.78 is 0. The molecular formula is C22H40O5. The van der Waals surface area contributed by atoms with Crippen LogP contribution in [0.15, 0.2) is 12.2 Å². The molecule has 0 bridgehead atoms. The molecular weight excluding hydrogens is 344 g/mol. The first kappa shape index (κ1) is 24.1. The molecule has 1 fully saturated rings. The van der Waals surface area contributed by atoms with Gasteiger partial charge in [-0.3, -0.25) is 4.79 Å². The Morgan fingerprint density at radius 3 is 2.37 bits per heavy atom. The van der Waals surface area contributed by atoms with Crippen molar-refractivity contribution in [2.24, 2.45) is 10.8 Å². The SMILES string of the molecule is CCCCCC(O)/C=C/[C@@]1(C)[C@H](O)C[C@H](O)[C@]1(C)CCCCCCC(=O)O. The maximum atomic E-state index is 10.6. The van der Waals surface area contributed by atoms with Gasteiger partial charge in [0.2, 0.25) is 0 Å². The number of aliphatic carboxylic acids is 1. The average Bonchev–Trinajstić information content (AvgIpc) is 2.77. The molecule has 1 rings (SSSR count). The minimum atomic E-state index is -0.758. The lowest BCUT2D eigenvalue weighted by Gasteiger charge is -2.43. The van der Waals surface area contributed by atoms with E-state index in [1.807, 2.05) is 19.9 Å². The highest BCUT2D eigenvalue weighted by Crippen LogP contribution is 2.56. The van der Waals surface area contributed by atoms with Crippen LogP contribution in [0, 0.1) is 10.8 Å². The van der Waals surface area contributed by atoms with Crippen molar-refractivity contribution in [2.45, 2.75) is 110 Å². The van der Waals surface area contributed by atoms with Crippen molar-refractivity contribution in [3.63, 3.8) is 0 Å². The Kier molecular flexibility index (Phi) is 9.99. The first-order valence-corrected chi connectivity index (χ1v) is 10.6. The molecule has 0 aromatic heterocycles. The van der Waals surface area contributed by atoms with E-state index in [9.17, 15) is 20.1 Å². The van der Waals surface area contributed by atoms with Crippen molar-refractivity contribution >= 4 is 5.97 Å². The number of unbranched alkanes of at least 4 members (excludes halogenated alkanes) is 5. The average molecular weight is 385 g/mol. The number of carboxylic acid groups (broad SMARTS) is 1. The molecule has 1 aliphatic carbocycles. The minimum Gasteiger partial charge on any atom is -0.481 e. The molecule has 5 heteroatoms. The second kappa shape index (κ2) is 11.2. The van der Waals surface area contributed by atoms with Gasteiger partial charge in [0.25, 0.3) is 0 Å². The van der Waals surface area contributed by atoms with E-state index in [4.69, 9.17) is 5.11 Å². The summed E-state index contributed by atoms with van der Waals surface area (Å²) in [5, 5.41) is 40.2. The summed E-state index contributed by atoms with van der Waals surface area (Å²) in [6.45, 7) is 6.14. The van der Waals surface area contributed by atoms with Crippen LogP contribution in [-0.4, -0.2) is 44.7 Å². The van der Waals surface area contributed by atoms with Gasteiger partial charge in [0.15, 0.2) is 0 Å². The maximum absolute atomic E-state index is 10.6. The standard InChI is InChI=1S/C22H40O5/c1-4-5-8-11-17(23)13-15-22(3)19(25)16-18(24)21(22,2)14-10-7-6-9-12-20(26)27/h13,15,17-19,23-25H,4-12,14,16H2,1-3H3,(H,26,27)/b15-13+/t17?,18-,19+,21-,22-/m0/s1. The summed E-state index contributed by atoms with van der Waals surface area (Å²) in [7, 11) is 0. The number of carbonyl (C=O) groups is 1. The minimum absolute atomic E-state index is 0.203. The lowest BCUT2D eigenvalue weighted by atomic mass is 9.63. The quantitative estimate of drug-likeness (QED) is 0.284. The van der Waals surface area contributed by atoms with Crippen LogP contribution in [0.2, 0.25) is 0 Å². The number of hydrogen-bond donors (Lipinski definition) is 4. The number of aliphatic hydroxyl groups excluding tert-OH is 3. The Bertz CT molecular complexity index is 477. The molecule has 4 N–H and O–H groups in total. The van der Waals surface area contributed by atoms with Crippen LogP contribution >= 0.6 is 0 Å². The second-order valence-corrected chi connectivity index (χ2v) is 8.70. The largest absolute Gasteiger partial charge is 0.481 e. The second-order valence-electron chi connectivity index (χ2n) is 8.70. The van der Waals surface area contributed by atoms with Gasteiger partial charge in [-0.15, -0.1) is 0 Å². The number of rotatable bonds is 13. The van der Waals surface area contributed by atoms with Crippen molar-refractivity contribution in [1.29, 1.82) is 0 Å². The zero-order valence-electron chi connectivity index (χ0n) is 17.4. The summed E-state index contributed by atoms with van der Waals surface area (Å²) in [6.07, 6.45) is 10.6. The molecule has 0 spiro atoms. The lowest BCUT2D eigenvalue weighted by Crippen LogP contribution is -2.42. The van der Waals surface area contributed by atoms with Crippen LogP contribution in [0.25, 0.3) is 0 Å². The Morgan fingerprint density at radius 2 is 1.74 bits per heavy atom. The van der Waals surface area contributed by atoms with Gasteiger partial charge in [-0.05, 0) is 19.3 Å². The predicted molar refractivity (Wildman–Crippen MR) is 107 cm³/mol. The molecule has 5 atom stereocenters. The highest BCUT2D eigenvalue weighted by Gasteiger charge is 2.57. The van der Waals surface area contributed by atoms with Crippen LogP contribution < -0.4 is 0 Å². The summed E-state index contributed by atoms with van der Waals surface area (Å²) in [4.78, 5) is 10.6. The van der Waals surface area contributed by atoms with Gasteiger partial charge < -0.3 is 20.4 Å². The Hall–Kier alpha value is -0.910. The normalized spacial score (nSPS) is 32.2. The smallest absolute Gasteiger partial charge is 0.303 e. The van der Waals surface area contributed by atoms with E-state index in [-0.39, 0.29) is 6.42 Å². The van der Waals surface area contributed by atoms with E-state index in [2.05, 4.69) is 6.92 Å². The van der Waals surface area contributed by atoms with Crippen LogP contribution in [0.4, 0.5) is 0 Å². The van der Waals surface area contributed by atoms with Gasteiger partial charge in [-0.25, -0.2) is 0 Å². The van der Waals surface area contributed by atoms with Crippen LogP contribution in [-0.2, 0) is 4.79 Å². The molecule has 0 aromatic rings. The fraction of sp³-hybridized carbons (Fsp3) is 0.864. The molecule has 158 valence electrons. The van der Waals surface area contributed by atoms with Gasteiger partial charge in [0, 0.05) is 23.7 Å². The third kappa shape index (κ3) is 6.58. The summed E-state index contributed by atoms with van der Waals surface area (Å²) in [5.41, 5.74) is -1.04. The number of carboxylic acids is 1. The van der Waals surface area contributed by atoms with E-state index in [1.54, 1.807) is 6.08 Å². The molecule has 1 saturated carbocycles. The van der Waals surface area contributed by atoms with Gasteiger partial charge >= 0.3 is 5.97 Å². The Labute approximate surface area is 164 Å². The molecule has 0 heterocycles. The van der Waals surface area contributed by atoms with E-state index < -0.39 is 35.1 Å². The maximum Gasteiger partial charge on any atom is 0.303 e. The van der Waals surface area contributed by atoms with Crippen molar-refractivity contribution in [3.05, 3.63) is 12.2 Å². The molecule has 0 aromatic carbocycles. The molecule has 0 saturated heterocycles. The first-order valence-electron chi connectivity index (χ1n) is 10.6. The van der Waals surface area contributed by atoms with Crippen molar-refractivity contribution in [2.75, 3.05) is 0 Å². The monoisotopic (exact) mass is 384 g/mol. The fourth-order valence-corrected chi connectivity index (χ4v) is 4.33. The topological polar surface area (TPSA) is 98.0 Å². The van der Waals surface area contributed by atoms with Gasteiger partial charge in [-0.1, -0.05) is 71.4 Å². The molecule has 27 heavy (non-hydrogen) atoms. The van der Waals surface area contributed by atoms with E-state index in [0.29, 0.717) is 12.8 Å². The summed E-state index contributed by atoms with van der Waals surface area (Å²) in [5.74, 6) is -0.758. The van der Waals surface area contributed by atoms with Crippen molar-refractivity contribution in [1.82, 2.24) is 0 Å². The van der Waals surface area contributed by atoms with Crippen LogP contribution in [0.5, 0.6) is 0 Å². The van der Waals surface area contributed by atoms with Crippen LogP contribution in [0.1, 0.15) is 91.4 Å². The van der Waals surface area contributed by atoms with E-state index >= 15 is 0 Å². The van der Waals surface area contributed by atoms with Gasteiger partial charge in [0.1, 0.15) is 0 Å². The molecule has 5 nitrogen and oxygen atoms in total. The molecule has 0 aliphatic heterocycles. The first-order chi connectivity index (χ1) is 12.7. The van der Waals surface area contributed by atoms with E-state index in [0.717, 1.165) is 51.4 Å². The molecule has 1 unspecified atom stereocenters. The van der Waals surface area contributed by atoms with E-state index in [1.165, 1.54) is 0 Å². The van der Waals surface area contributed by atoms with Gasteiger partial charge in [0.05, 0.1) is 18.3 Å². The van der Waals surface area contributed by atoms with Crippen LogP contribution in [0.3, 0.4) is 0 Å². The lowest BCUT2D eigenvalue weighted by molar-refractivity contribution is -0.137. The molecule has 0 amide bonds. The zero-order chi connectivity index (χ0) is 20.5. The van der Waals surface area contributed by atoms with Gasteiger partial charge in [-0.2, -0.15) is 0 Å². The highest BCUT2D eigenvalue weighted by atomic mass is 16.4.